The summed E-state index contributed by atoms with van der Waals surface area (Å²) in [6.07, 6.45) is 0. The van der Waals surface area contributed by atoms with Crippen molar-refractivity contribution in [2.75, 3.05) is 5.32 Å². The number of aryl methyl sites for hydroxylation is 1. The monoisotopic (exact) mass is 237 g/mol. The summed E-state index contributed by atoms with van der Waals surface area (Å²) in [4.78, 5) is 0. The first-order chi connectivity index (χ1) is 7.79. The minimum absolute atomic E-state index is 0.235. The fourth-order valence-corrected chi connectivity index (χ4v) is 1.47. The maximum Gasteiger partial charge on any atom is 0.315 e. The van der Waals surface area contributed by atoms with Gasteiger partial charge in [-0.15, -0.1) is 16.7 Å². The number of aromatic nitrogens is 2. The van der Waals surface area contributed by atoms with Crippen LogP contribution in [0.4, 0.5) is 6.01 Å². The molecule has 0 atom stereocenters. The number of benzene rings is 1. The van der Waals surface area contributed by atoms with Crippen LogP contribution in [0.1, 0.15) is 17.0 Å². The van der Waals surface area contributed by atoms with Crippen LogP contribution in [0.15, 0.2) is 28.7 Å². The number of nitrogens with zero attached hydrogens (tertiary/aromatic N) is 2. The van der Waals surface area contributed by atoms with Gasteiger partial charge in [-0.3, -0.25) is 0 Å². The van der Waals surface area contributed by atoms with Gasteiger partial charge < -0.3 is 9.73 Å². The van der Waals surface area contributed by atoms with Crippen molar-refractivity contribution in [2.45, 2.75) is 19.3 Å². The fraction of sp³-hybridized carbons (Fsp3) is 0.273. The van der Waals surface area contributed by atoms with Crippen molar-refractivity contribution in [3.63, 3.8) is 0 Å². The number of hydrogen-bond donors (Lipinski definition) is 1. The van der Waals surface area contributed by atoms with Crippen LogP contribution in [0.3, 0.4) is 0 Å². The lowest BCUT2D eigenvalue weighted by molar-refractivity contribution is 0.525. The number of rotatable bonds is 4. The maximum atomic E-state index is 5.56. The number of halogens is 1. The maximum absolute atomic E-state index is 5.56. The van der Waals surface area contributed by atoms with Crippen LogP contribution in [0.5, 0.6) is 0 Å². The molecular weight excluding hydrogens is 226 g/mol. The van der Waals surface area contributed by atoms with E-state index in [1.54, 1.807) is 0 Å². The van der Waals surface area contributed by atoms with Gasteiger partial charge in [-0.05, 0) is 18.1 Å². The summed E-state index contributed by atoms with van der Waals surface area (Å²) < 4.78 is 5.23. The number of anilines is 1. The SMILES string of the molecule is Cc1ccccc1CNc1nnc(CCl)o1. The minimum Gasteiger partial charge on any atom is -0.407 e. The zero-order valence-electron chi connectivity index (χ0n) is 8.90. The van der Waals surface area contributed by atoms with E-state index >= 15 is 0 Å². The normalized spacial score (nSPS) is 10.4. The largest absolute Gasteiger partial charge is 0.407 e. The Morgan fingerprint density at radius 1 is 1.31 bits per heavy atom. The molecule has 0 unspecified atom stereocenters. The summed E-state index contributed by atoms with van der Waals surface area (Å²) in [6, 6.07) is 8.54. The van der Waals surface area contributed by atoms with Crippen LogP contribution in [-0.2, 0) is 12.4 Å². The van der Waals surface area contributed by atoms with Gasteiger partial charge in [-0.1, -0.05) is 29.4 Å². The predicted molar refractivity (Wildman–Crippen MR) is 62.4 cm³/mol. The second-order valence-corrected chi connectivity index (χ2v) is 3.68. The van der Waals surface area contributed by atoms with E-state index in [9.17, 15) is 0 Å². The van der Waals surface area contributed by atoms with Gasteiger partial charge in [0.15, 0.2) is 0 Å². The molecule has 0 aliphatic heterocycles. The quantitative estimate of drug-likeness (QED) is 0.831. The zero-order valence-corrected chi connectivity index (χ0v) is 9.66. The molecule has 5 heteroatoms. The first kappa shape index (κ1) is 11.0. The van der Waals surface area contributed by atoms with E-state index in [0.29, 0.717) is 18.5 Å². The third-order valence-corrected chi connectivity index (χ3v) is 2.50. The van der Waals surface area contributed by atoms with E-state index in [2.05, 4.69) is 34.6 Å². The Morgan fingerprint density at radius 2 is 2.12 bits per heavy atom. The van der Waals surface area contributed by atoms with Crippen LogP contribution in [-0.4, -0.2) is 10.2 Å². The third-order valence-electron chi connectivity index (χ3n) is 2.27. The Morgan fingerprint density at radius 3 is 2.81 bits per heavy atom. The average Bonchev–Trinajstić information content (AvgIpc) is 2.76. The first-order valence-electron chi connectivity index (χ1n) is 4.96. The van der Waals surface area contributed by atoms with Gasteiger partial charge in [0.1, 0.15) is 5.88 Å². The van der Waals surface area contributed by atoms with Gasteiger partial charge in [0.25, 0.3) is 0 Å². The standard InChI is InChI=1S/C11H12ClN3O/c1-8-4-2-3-5-9(8)7-13-11-15-14-10(6-12)16-11/h2-5H,6-7H2,1H3,(H,13,15). The van der Waals surface area contributed by atoms with E-state index in [1.807, 2.05) is 12.1 Å². The number of nitrogens with one attached hydrogen (secondary N) is 1. The molecule has 0 spiro atoms. The Bertz CT molecular complexity index is 470. The van der Waals surface area contributed by atoms with Gasteiger partial charge in [0.05, 0.1) is 0 Å². The van der Waals surface area contributed by atoms with Crippen LogP contribution in [0, 0.1) is 6.92 Å². The summed E-state index contributed by atoms with van der Waals surface area (Å²) >= 11 is 5.56. The van der Waals surface area contributed by atoms with Crippen molar-refractivity contribution < 1.29 is 4.42 Å². The molecule has 84 valence electrons. The lowest BCUT2D eigenvalue weighted by Crippen LogP contribution is -2.01. The molecule has 1 aromatic carbocycles. The van der Waals surface area contributed by atoms with Gasteiger partial charge >= 0.3 is 6.01 Å². The van der Waals surface area contributed by atoms with Crippen molar-refractivity contribution in [2.24, 2.45) is 0 Å². The Balaban J connectivity index is 1.99. The van der Waals surface area contributed by atoms with Gasteiger partial charge in [0, 0.05) is 6.54 Å². The average molecular weight is 238 g/mol. The third kappa shape index (κ3) is 2.52. The van der Waals surface area contributed by atoms with Crippen LogP contribution < -0.4 is 5.32 Å². The highest BCUT2D eigenvalue weighted by Crippen LogP contribution is 2.11. The molecule has 16 heavy (non-hydrogen) atoms. The molecule has 0 aliphatic carbocycles. The van der Waals surface area contributed by atoms with Gasteiger partial charge in [0.2, 0.25) is 5.89 Å². The zero-order chi connectivity index (χ0) is 11.4. The fourth-order valence-electron chi connectivity index (χ4n) is 1.36. The topological polar surface area (TPSA) is 51.0 Å². The molecule has 1 N–H and O–H groups in total. The molecule has 0 amide bonds. The second-order valence-electron chi connectivity index (χ2n) is 3.41. The molecule has 2 rings (SSSR count). The highest BCUT2D eigenvalue weighted by Gasteiger charge is 2.04. The Kier molecular flexibility index (Phi) is 3.41. The molecular formula is C11H12ClN3O. The Labute approximate surface area is 98.6 Å². The van der Waals surface area contributed by atoms with Gasteiger partial charge in [-0.2, -0.15) is 0 Å². The lowest BCUT2D eigenvalue weighted by Gasteiger charge is -2.04. The molecule has 2 aromatic rings. The van der Waals surface area contributed by atoms with E-state index < -0.39 is 0 Å². The molecule has 0 fully saturated rings. The Hall–Kier alpha value is -1.55. The van der Waals surface area contributed by atoms with E-state index in [1.165, 1.54) is 11.1 Å². The molecule has 0 saturated carbocycles. The molecule has 0 saturated heterocycles. The van der Waals surface area contributed by atoms with Crippen molar-refractivity contribution in [3.8, 4) is 0 Å². The summed E-state index contributed by atoms with van der Waals surface area (Å²) in [5, 5.41) is 10.6. The van der Waals surface area contributed by atoms with E-state index in [-0.39, 0.29) is 5.88 Å². The van der Waals surface area contributed by atoms with Gasteiger partial charge in [-0.25, -0.2) is 0 Å². The number of alkyl halides is 1. The number of hydrogen-bond acceptors (Lipinski definition) is 4. The van der Waals surface area contributed by atoms with Crippen LogP contribution >= 0.6 is 11.6 Å². The lowest BCUT2D eigenvalue weighted by atomic mass is 10.1. The van der Waals surface area contributed by atoms with Crippen LogP contribution in [0.2, 0.25) is 0 Å². The molecule has 0 radical (unpaired) electrons. The van der Waals surface area contributed by atoms with E-state index in [0.717, 1.165) is 0 Å². The van der Waals surface area contributed by atoms with Crippen LogP contribution in [0.25, 0.3) is 0 Å². The summed E-state index contributed by atoms with van der Waals surface area (Å²) in [5.41, 5.74) is 2.43. The summed E-state index contributed by atoms with van der Waals surface area (Å²) in [5.74, 6) is 0.660. The molecule has 0 bridgehead atoms. The minimum atomic E-state index is 0.235. The van der Waals surface area contributed by atoms with E-state index in [4.69, 9.17) is 16.0 Å². The predicted octanol–water partition coefficient (Wildman–Crippen LogP) is 2.73. The van der Waals surface area contributed by atoms with Crippen molar-refractivity contribution in [3.05, 3.63) is 41.3 Å². The van der Waals surface area contributed by atoms with Crippen molar-refractivity contribution in [1.82, 2.24) is 10.2 Å². The highest BCUT2D eigenvalue weighted by molar-refractivity contribution is 6.16. The second kappa shape index (κ2) is 4.99. The van der Waals surface area contributed by atoms with Crippen molar-refractivity contribution in [1.29, 1.82) is 0 Å². The summed E-state index contributed by atoms with van der Waals surface area (Å²) in [6.45, 7) is 2.73. The summed E-state index contributed by atoms with van der Waals surface area (Å²) in [7, 11) is 0. The smallest absolute Gasteiger partial charge is 0.315 e. The molecule has 1 aromatic heterocycles. The molecule has 4 nitrogen and oxygen atoms in total. The molecule has 1 heterocycles. The first-order valence-corrected chi connectivity index (χ1v) is 5.50. The molecule has 0 aliphatic rings. The van der Waals surface area contributed by atoms with Crippen molar-refractivity contribution >= 4 is 17.6 Å². The highest BCUT2D eigenvalue weighted by atomic mass is 35.5.